The van der Waals surface area contributed by atoms with Crippen molar-refractivity contribution in [1.82, 2.24) is 14.9 Å². The molecule has 2 aliphatic rings. The van der Waals surface area contributed by atoms with E-state index in [1.54, 1.807) is 24.4 Å². The first kappa shape index (κ1) is 32.0. The second kappa shape index (κ2) is 13.5. The van der Waals surface area contributed by atoms with Crippen LogP contribution in [0, 0.1) is 11.6 Å². The summed E-state index contributed by atoms with van der Waals surface area (Å²) in [6.07, 6.45) is 4.82. The van der Waals surface area contributed by atoms with E-state index < -0.39 is 23.1 Å². The van der Waals surface area contributed by atoms with Gasteiger partial charge in [-0.25, -0.2) is 8.78 Å². The van der Waals surface area contributed by atoms with E-state index in [4.69, 9.17) is 18.9 Å². The summed E-state index contributed by atoms with van der Waals surface area (Å²) in [4.78, 5) is 31.3. The maximum atomic E-state index is 15.4. The van der Waals surface area contributed by atoms with Crippen molar-refractivity contribution < 1.29 is 37.6 Å². The van der Waals surface area contributed by atoms with E-state index in [-0.39, 0.29) is 41.5 Å². The Morgan fingerprint density at radius 2 is 1.86 bits per heavy atom. The molecule has 1 fully saturated rings. The molecule has 3 N–H and O–H groups in total. The maximum Gasteiger partial charge on any atom is 0.271 e. The quantitative estimate of drug-likeness (QED) is 0.163. The molecule has 0 saturated heterocycles. The van der Waals surface area contributed by atoms with Crippen molar-refractivity contribution >= 4 is 22.5 Å². The molecule has 7 rings (SSSR count). The third kappa shape index (κ3) is 6.62. The molecule has 1 amide bonds. The Hall–Kier alpha value is -5.53. The summed E-state index contributed by atoms with van der Waals surface area (Å²) in [6.45, 7) is 1.26. The Morgan fingerprint density at radius 1 is 1.04 bits per heavy atom. The van der Waals surface area contributed by atoms with Crippen LogP contribution in [0.4, 0.5) is 14.5 Å². The fourth-order valence-electron chi connectivity index (χ4n) is 5.89. The normalized spacial score (nSPS) is 16.4. The molecule has 1 saturated carbocycles. The number of hydrogen-bond donors (Lipinski definition) is 3. The predicted octanol–water partition coefficient (Wildman–Crippen LogP) is 5.14. The molecule has 3 heterocycles. The number of amides is 1. The number of carbonyl (C=O) groups is 1. The zero-order valence-corrected chi connectivity index (χ0v) is 26.4. The standard InChI is InChI=1S/C36H32F2N4O7/c1-46-31-17-26-28(18-32(31)47-13-11-39-23-14-25(43)15-23)40-10-8-29(26)49-30-7-4-22(16-27(30)38)41-35(44)33-34-20(9-12-48-34)19-42(36(33)45)24-5-2-21(37)3-6-24/h2-8,10,16-19,23,25,39,43H,9,11-15H2,1H3,(H,41,44). The molecule has 252 valence electrons. The highest BCUT2D eigenvalue weighted by molar-refractivity contribution is 6.06. The summed E-state index contributed by atoms with van der Waals surface area (Å²) < 4.78 is 53.3. The molecule has 0 spiro atoms. The van der Waals surface area contributed by atoms with E-state index in [2.05, 4.69) is 15.6 Å². The van der Waals surface area contributed by atoms with Gasteiger partial charge >= 0.3 is 0 Å². The molecular weight excluding hydrogens is 638 g/mol. The lowest BCUT2D eigenvalue weighted by atomic mass is 9.90. The number of ether oxygens (including phenoxy) is 4. The first-order valence-corrected chi connectivity index (χ1v) is 15.7. The summed E-state index contributed by atoms with van der Waals surface area (Å²) in [5.74, 6) is -0.710. The van der Waals surface area contributed by atoms with Crippen LogP contribution in [0.25, 0.3) is 16.6 Å². The van der Waals surface area contributed by atoms with Gasteiger partial charge in [0.05, 0.1) is 25.3 Å². The topological polar surface area (TPSA) is 133 Å². The number of fused-ring (bicyclic) bond motifs is 2. The number of aliphatic hydroxyl groups excluding tert-OH is 1. The van der Waals surface area contributed by atoms with Crippen molar-refractivity contribution in [2.75, 3.05) is 32.2 Å². The number of benzene rings is 3. The van der Waals surface area contributed by atoms with Crippen molar-refractivity contribution in [2.45, 2.75) is 31.4 Å². The van der Waals surface area contributed by atoms with E-state index >= 15 is 4.39 Å². The van der Waals surface area contributed by atoms with Gasteiger partial charge in [-0.2, -0.15) is 0 Å². The number of nitrogens with zero attached hydrogens (tertiary/aromatic N) is 2. The van der Waals surface area contributed by atoms with E-state index in [1.165, 1.54) is 54.3 Å². The predicted molar refractivity (Wildman–Crippen MR) is 176 cm³/mol. The summed E-state index contributed by atoms with van der Waals surface area (Å²) in [6, 6.07) is 14.5. The van der Waals surface area contributed by atoms with Crippen molar-refractivity contribution in [3.8, 4) is 34.4 Å². The Morgan fingerprint density at radius 3 is 2.61 bits per heavy atom. The molecule has 0 bridgehead atoms. The lowest BCUT2D eigenvalue weighted by molar-refractivity contribution is 0.0611. The van der Waals surface area contributed by atoms with Crippen LogP contribution in [0.2, 0.25) is 0 Å². The van der Waals surface area contributed by atoms with E-state index in [9.17, 15) is 19.1 Å². The number of rotatable bonds is 11. The van der Waals surface area contributed by atoms with Crippen LogP contribution in [0.5, 0.6) is 28.7 Å². The van der Waals surface area contributed by atoms with Gasteiger partial charge in [-0.1, -0.05) is 0 Å². The fraction of sp³-hybridized carbons (Fsp3) is 0.250. The summed E-state index contributed by atoms with van der Waals surface area (Å²) in [5, 5.41) is 15.9. The Kier molecular flexibility index (Phi) is 8.85. The molecule has 13 heteroatoms. The van der Waals surface area contributed by atoms with Crippen molar-refractivity contribution in [3.63, 3.8) is 0 Å². The molecule has 2 aromatic heterocycles. The van der Waals surface area contributed by atoms with Crippen LogP contribution >= 0.6 is 0 Å². The van der Waals surface area contributed by atoms with Gasteiger partial charge in [0, 0.05) is 65.9 Å². The van der Waals surface area contributed by atoms with Crippen molar-refractivity contribution in [1.29, 1.82) is 0 Å². The van der Waals surface area contributed by atoms with Gasteiger partial charge in [0.15, 0.2) is 23.1 Å². The fourth-order valence-corrected chi connectivity index (χ4v) is 5.89. The van der Waals surface area contributed by atoms with Gasteiger partial charge in [-0.3, -0.25) is 19.1 Å². The first-order valence-electron chi connectivity index (χ1n) is 15.7. The van der Waals surface area contributed by atoms with Gasteiger partial charge < -0.3 is 34.7 Å². The molecule has 49 heavy (non-hydrogen) atoms. The highest BCUT2D eigenvalue weighted by Crippen LogP contribution is 2.38. The van der Waals surface area contributed by atoms with Gasteiger partial charge in [0.2, 0.25) is 0 Å². The molecule has 1 aliphatic carbocycles. The second-order valence-electron chi connectivity index (χ2n) is 11.8. The van der Waals surface area contributed by atoms with E-state index in [0.717, 1.165) is 18.9 Å². The molecule has 3 aromatic carbocycles. The molecule has 11 nitrogen and oxygen atoms in total. The highest BCUT2D eigenvalue weighted by atomic mass is 19.1. The van der Waals surface area contributed by atoms with Crippen LogP contribution in [-0.4, -0.2) is 59.6 Å². The monoisotopic (exact) mass is 670 g/mol. The van der Waals surface area contributed by atoms with E-state index in [0.29, 0.717) is 59.0 Å². The largest absolute Gasteiger partial charge is 0.493 e. The van der Waals surface area contributed by atoms with Gasteiger partial charge in [-0.05, 0) is 61.4 Å². The number of pyridine rings is 2. The minimum Gasteiger partial charge on any atom is -0.493 e. The number of anilines is 1. The maximum absolute atomic E-state index is 15.4. The summed E-state index contributed by atoms with van der Waals surface area (Å²) >= 11 is 0. The number of aromatic nitrogens is 2. The lowest BCUT2D eigenvalue weighted by Gasteiger charge is -2.32. The van der Waals surface area contributed by atoms with Crippen molar-refractivity contribution in [3.05, 3.63) is 106 Å². The average molecular weight is 671 g/mol. The number of methoxy groups -OCH3 is 1. The van der Waals surface area contributed by atoms with Crippen molar-refractivity contribution in [2.24, 2.45) is 0 Å². The zero-order chi connectivity index (χ0) is 34.1. The van der Waals surface area contributed by atoms with Gasteiger partial charge in [0.25, 0.3) is 11.5 Å². The Balaban J connectivity index is 1.08. The van der Waals surface area contributed by atoms with Gasteiger partial charge in [-0.15, -0.1) is 0 Å². The SMILES string of the molecule is COc1cc2c(Oc3ccc(NC(=O)c4c5c(cn(-c6ccc(F)cc6)c4=O)CCO5)cc3F)ccnc2cc1OCCNC1CC(O)C1. The highest BCUT2D eigenvalue weighted by Gasteiger charge is 2.28. The minimum absolute atomic E-state index is 0.0872. The second-order valence-corrected chi connectivity index (χ2v) is 11.8. The minimum atomic E-state index is -0.782. The van der Waals surface area contributed by atoms with E-state index in [1.807, 2.05) is 0 Å². The smallest absolute Gasteiger partial charge is 0.271 e. The lowest BCUT2D eigenvalue weighted by Crippen LogP contribution is -2.45. The van der Waals surface area contributed by atoms with Crippen LogP contribution < -0.4 is 35.1 Å². The third-order valence-corrected chi connectivity index (χ3v) is 8.49. The number of carbonyl (C=O) groups excluding carboxylic acids is 1. The number of aliphatic hydroxyl groups is 1. The summed E-state index contributed by atoms with van der Waals surface area (Å²) in [5.41, 5.74) is 0.749. The molecule has 0 atom stereocenters. The molecular formula is C36H32F2N4O7. The van der Waals surface area contributed by atoms with Crippen LogP contribution in [0.3, 0.4) is 0 Å². The van der Waals surface area contributed by atoms with Crippen LogP contribution in [0.1, 0.15) is 28.8 Å². The molecule has 5 aromatic rings. The Bertz CT molecular complexity index is 2100. The van der Waals surface area contributed by atoms with Gasteiger partial charge in [0.1, 0.15) is 29.5 Å². The number of nitrogens with one attached hydrogen (secondary N) is 2. The zero-order valence-electron chi connectivity index (χ0n) is 26.4. The summed E-state index contributed by atoms with van der Waals surface area (Å²) in [7, 11) is 1.51. The molecule has 0 unspecified atom stereocenters. The first-order chi connectivity index (χ1) is 23.8. The molecule has 0 radical (unpaired) electrons. The third-order valence-electron chi connectivity index (χ3n) is 8.49. The average Bonchev–Trinajstić information content (AvgIpc) is 3.55. The number of hydrogen-bond acceptors (Lipinski definition) is 9. The molecule has 1 aliphatic heterocycles. The van der Waals surface area contributed by atoms with Crippen LogP contribution in [-0.2, 0) is 6.42 Å². The Labute approximate surface area is 279 Å². The van der Waals surface area contributed by atoms with Crippen LogP contribution in [0.15, 0.2) is 77.9 Å². The number of halogens is 2.